The highest BCUT2D eigenvalue weighted by atomic mass is 79.9. The summed E-state index contributed by atoms with van der Waals surface area (Å²) in [5.41, 5.74) is 0. The monoisotopic (exact) mass is 190 g/mol. The molecule has 0 aromatic carbocycles. The number of ether oxygens (including phenoxy) is 1. The number of esters is 1. The Morgan fingerprint density at radius 3 is 3.00 bits per heavy atom. The van der Waals surface area contributed by atoms with E-state index in [1.807, 2.05) is 0 Å². The van der Waals surface area contributed by atoms with Crippen LogP contribution in [-0.2, 0) is 9.53 Å². The molecule has 0 bridgehead atoms. The Labute approximate surface area is 62.0 Å². The van der Waals surface area contributed by atoms with Crippen LogP contribution in [0.5, 0.6) is 0 Å². The molecule has 0 aromatic rings. The van der Waals surface area contributed by atoms with Crippen molar-refractivity contribution in [2.45, 2.75) is 6.42 Å². The molecule has 1 rings (SSSR count). The Morgan fingerprint density at radius 2 is 2.56 bits per heavy atom. The zero-order chi connectivity index (χ0) is 6.69. The summed E-state index contributed by atoms with van der Waals surface area (Å²) >= 11 is 3.25. The second-order valence-corrected chi connectivity index (χ2v) is 2.64. The van der Waals surface area contributed by atoms with Crippen LogP contribution in [0.1, 0.15) is 6.42 Å². The molecule has 0 spiro atoms. The van der Waals surface area contributed by atoms with E-state index in [0.717, 1.165) is 11.8 Å². The van der Waals surface area contributed by atoms with Gasteiger partial charge in [-0.05, 0) is 12.5 Å². The molecule has 50 valence electrons. The Kier molecular flexibility index (Phi) is 2.28. The highest BCUT2D eigenvalue weighted by molar-refractivity contribution is 9.09. The molecule has 1 aliphatic rings. The van der Waals surface area contributed by atoms with Gasteiger partial charge in [0.1, 0.15) is 0 Å². The molecule has 3 heteroatoms. The highest BCUT2D eigenvalue weighted by Crippen LogP contribution is 2.14. The molecule has 1 atom stereocenters. The standard InChI is InChI=1S/C6H7BrO2/c7-3-1-5-2-4-9-6(5)8/h2,4-5H,1,3H2. The minimum Gasteiger partial charge on any atom is -0.434 e. The van der Waals surface area contributed by atoms with Crippen LogP contribution in [0.4, 0.5) is 0 Å². The summed E-state index contributed by atoms with van der Waals surface area (Å²) in [5.74, 6) is -0.140. The smallest absolute Gasteiger partial charge is 0.317 e. The normalized spacial score (nSPS) is 24.6. The molecule has 0 amide bonds. The van der Waals surface area contributed by atoms with Crippen molar-refractivity contribution in [3.05, 3.63) is 12.3 Å². The number of alkyl halides is 1. The molecule has 0 aliphatic carbocycles. The van der Waals surface area contributed by atoms with Gasteiger partial charge in [0, 0.05) is 5.33 Å². The quantitative estimate of drug-likeness (QED) is 0.487. The van der Waals surface area contributed by atoms with Crippen molar-refractivity contribution in [2.75, 3.05) is 5.33 Å². The van der Waals surface area contributed by atoms with Gasteiger partial charge in [-0.1, -0.05) is 15.9 Å². The second-order valence-electron chi connectivity index (χ2n) is 1.85. The molecule has 0 fully saturated rings. The lowest BCUT2D eigenvalue weighted by Crippen LogP contribution is -2.07. The second kappa shape index (κ2) is 3.01. The summed E-state index contributed by atoms with van der Waals surface area (Å²) in [6.45, 7) is 0. The van der Waals surface area contributed by atoms with Gasteiger partial charge in [-0.2, -0.15) is 0 Å². The van der Waals surface area contributed by atoms with E-state index in [2.05, 4.69) is 20.7 Å². The van der Waals surface area contributed by atoms with Crippen LogP contribution < -0.4 is 0 Å². The summed E-state index contributed by atoms with van der Waals surface area (Å²) in [5, 5.41) is 0.844. The molecule has 2 nitrogen and oxygen atoms in total. The fourth-order valence-electron chi connectivity index (χ4n) is 0.699. The van der Waals surface area contributed by atoms with E-state index in [1.54, 1.807) is 6.08 Å². The number of rotatable bonds is 2. The molecular weight excluding hydrogens is 184 g/mol. The maximum Gasteiger partial charge on any atom is 0.317 e. The van der Waals surface area contributed by atoms with E-state index in [9.17, 15) is 4.79 Å². The minimum absolute atomic E-state index is 0.00984. The first kappa shape index (κ1) is 6.81. The summed E-state index contributed by atoms with van der Waals surface area (Å²) in [6, 6.07) is 0. The third-order valence-corrected chi connectivity index (χ3v) is 1.68. The van der Waals surface area contributed by atoms with E-state index in [4.69, 9.17) is 0 Å². The molecule has 1 unspecified atom stereocenters. The zero-order valence-corrected chi connectivity index (χ0v) is 6.43. The Balaban J connectivity index is 2.40. The summed E-state index contributed by atoms with van der Waals surface area (Å²) < 4.78 is 4.58. The van der Waals surface area contributed by atoms with Gasteiger partial charge in [-0.15, -0.1) is 0 Å². The minimum atomic E-state index is -0.130. The lowest BCUT2D eigenvalue weighted by molar-refractivity contribution is -0.138. The topological polar surface area (TPSA) is 26.3 Å². The van der Waals surface area contributed by atoms with Crippen LogP contribution in [0.2, 0.25) is 0 Å². The maximum absolute atomic E-state index is 10.7. The predicted molar refractivity (Wildman–Crippen MR) is 37.1 cm³/mol. The van der Waals surface area contributed by atoms with Crippen LogP contribution in [0.3, 0.4) is 0 Å². The molecule has 1 heterocycles. The van der Waals surface area contributed by atoms with Crippen molar-refractivity contribution in [1.29, 1.82) is 0 Å². The number of halogens is 1. The van der Waals surface area contributed by atoms with Crippen LogP contribution >= 0.6 is 15.9 Å². The third kappa shape index (κ3) is 1.55. The molecule has 0 radical (unpaired) electrons. The number of hydrogen-bond donors (Lipinski definition) is 0. The molecule has 0 saturated carbocycles. The van der Waals surface area contributed by atoms with Gasteiger partial charge in [0.05, 0.1) is 12.2 Å². The van der Waals surface area contributed by atoms with Gasteiger partial charge in [0.25, 0.3) is 0 Å². The largest absolute Gasteiger partial charge is 0.434 e. The molecule has 1 aliphatic heterocycles. The van der Waals surface area contributed by atoms with E-state index < -0.39 is 0 Å². The fraction of sp³-hybridized carbons (Fsp3) is 0.500. The zero-order valence-electron chi connectivity index (χ0n) is 4.84. The Bertz CT molecular complexity index is 142. The Morgan fingerprint density at radius 1 is 1.78 bits per heavy atom. The van der Waals surface area contributed by atoms with Crippen molar-refractivity contribution >= 4 is 21.9 Å². The fourth-order valence-corrected chi connectivity index (χ4v) is 1.19. The number of carbonyl (C=O) groups excluding carboxylic acids is 1. The molecule has 9 heavy (non-hydrogen) atoms. The van der Waals surface area contributed by atoms with E-state index in [1.165, 1.54) is 6.26 Å². The van der Waals surface area contributed by atoms with Crippen LogP contribution in [0.15, 0.2) is 12.3 Å². The van der Waals surface area contributed by atoms with Crippen LogP contribution in [0.25, 0.3) is 0 Å². The molecule has 0 N–H and O–H groups in total. The molecular formula is C6H7BrO2. The van der Waals surface area contributed by atoms with Crippen molar-refractivity contribution in [3.63, 3.8) is 0 Å². The SMILES string of the molecule is O=C1OC=CC1CCBr. The average Bonchev–Trinajstić information content (AvgIpc) is 2.18. The first-order valence-corrected chi connectivity index (χ1v) is 3.90. The number of carbonyl (C=O) groups is 1. The third-order valence-electron chi connectivity index (χ3n) is 1.22. The van der Waals surface area contributed by atoms with Gasteiger partial charge >= 0.3 is 5.97 Å². The summed E-state index contributed by atoms with van der Waals surface area (Å²) in [7, 11) is 0. The van der Waals surface area contributed by atoms with E-state index in [-0.39, 0.29) is 11.9 Å². The molecule has 0 saturated heterocycles. The average molecular weight is 191 g/mol. The van der Waals surface area contributed by atoms with Gasteiger partial charge in [-0.25, -0.2) is 0 Å². The summed E-state index contributed by atoms with van der Waals surface area (Å²) in [6.07, 6.45) is 4.06. The first-order chi connectivity index (χ1) is 4.34. The number of hydrogen-bond acceptors (Lipinski definition) is 2. The van der Waals surface area contributed by atoms with Gasteiger partial charge in [-0.3, -0.25) is 4.79 Å². The number of cyclic esters (lactones) is 1. The summed E-state index contributed by atoms with van der Waals surface area (Å²) in [4.78, 5) is 10.7. The Hall–Kier alpha value is -0.310. The molecule has 0 aromatic heterocycles. The van der Waals surface area contributed by atoms with Crippen LogP contribution in [-0.4, -0.2) is 11.3 Å². The van der Waals surface area contributed by atoms with Crippen molar-refractivity contribution in [2.24, 2.45) is 5.92 Å². The van der Waals surface area contributed by atoms with Gasteiger partial charge < -0.3 is 4.74 Å². The van der Waals surface area contributed by atoms with Crippen molar-refractivity contribution in [1.82, 2.24) is 0 Å². The van der Waals surface area contributed by atoms with E-state index >= 15 is 0 Å². The van der Waals surface area contributed by atoms with E-state index in [0.29, 0.717) is 0 Å². The maximum atomic E-state index is 10.7. The predicted octanol–water partition coefficient (Wildman–Crippen LogP) is 1.46. The van der Waals surface area contributed by atoms with Gasteiger partial charge in [0.2, 0.25) is 0 Å². The van der Waals surface area contributed by atoms with Crippen molar-refractivity contribution in [3.8, 4) is 0 Å². The first-order valence-electron chi connectivity index (χ1n) is 2.77. The van der Waals surface area contributed by atoms with Gasteiger partial charge in [0.15, 0.2) is 0 Å². The van der Waals surface area contributed by atoms with Crippen molar-refractivity contribution < 1.29 is 9.53 Å². The lowest BCUT2D eigenvalue weighted by atomic mass is 10.1. The lowest BCUT2D eigenvalue weighted by Gasteiger charge is -1.98. The van der Waals surface area contributed by atoms with Crippen LogP contribution in [0, 0.1) is 5.92 Å². The highest BCUT2D eigenvalue weighted by Gasteiger charge is 2.19.